The van der Waals surface area contributed by atoms with E-state index in [1.807, 2.05) is 0 Å². The molecule has 0 aliphatic heterocycles. The fraction of sp³-hybridized carbons (Fsp3) is 0. The van der Waals surface area contributed by atoms with Gasteiger partial charge in [-0.1, -0.05) is 0 Å². The van der Waals surface area contributed by atoms with Crippen molar-refractivity contribution in [2.75, 3.05) is 0 Å². The van der Waals surface area contributed by atoms with Crippen molar-refractivity contribution in [2.45, 2.75) is 0 Å². The van der Waals surface area contributed by atoms with E-state index in [-0.39, 0.29) is 0 Å². The van der Waals surface area contributed by atoms with E-state index in [1.165, 1.54) is 0 Å². The second kappa shape index (κ2) is 5.63. The molecule has 0 saturated carbocycles. The number of hydrogen-bond acceptors (Lipinski definition) is 3. The van der Waals surface area contributed by atoms with Crippen molar-refractivity contribution in [1.82, 2.24) is 0 Å². The van der Waals surface area contributed by atoms with Gasteiger partial charge in [0.05, 0.1) is 0 Å². The van der Waals surface area contributed by atoms with E-state index >= 15 is 0 Å². The van der Waals surface area contributed by atoms with Crippen LogP contribution in [-0.2, 0) is 3.83 Å². The molecule has 0 heterocycles. The molecular weight excluding hydrogens is 295 g/mol. The summed E-state index contributed by atoms with van der Waals surface area (Å²) >= 11 is -2.32. The van der Waals surface area contributed by atoms with E-state index in [0.29, 0.717) is 11.1 Å². The first-order valence-electron chi connectivity index (χ1n) is 5.27. The molecule has 0 aromatic heterocycles. The molecule has 0 aliphatic carbocycles. The van der Waals surface area contributed by atoms with Crippen molar-refractivity contribution >= 4 is 35.3 Å². The fourth-order valence-electron chi connectivity index (χ4n) is 1.48. The molecule has 18 heavy (non-hydrogen) atoms. The molecule has 0 atom stereocenters. The SMILES string of the molecule is O=Cc1ccc([Se](=O)c2ccc(C=O)cc2)cc1. The molecule has 2 aromatic carbocycles. The number of carbonyl (C=O) groups is 2. The van der Waals surface area contributed by atoms with E-state index < -0.39 is 13.8 Å². The molecule has 0 N–H and O–H groups in total. The van der Waals surface area contributed by atoms with Crippen LogP contribution in [0.5, 0.6) is 0 Å². The number of carbonyl (C=O) groups excluding carboxylic acids is 2. The van der Waals surface area contributed by atoms with E-state index in [1.54, 1.807) is 48.5 Å². The van der Waals surface area contributed by atoms with Crippen molar-refractivity contribution < 1.29 is 13.4 Å². The zero-order valence-electron chi connectivity index (χ0n) is 9.41. The Kier molecular flexibility index (Phi) is 3.92. The van der Waals surface area contributed by atoms with Gasteiger partial charge in [0, 0.05) is 0 Å². The summed E-state index contributed by atoms with van der Waals surface area (Å²) in [5.41, 5.74) is 1.13. The molecule has 90 valence electrons. The first kappa shape index (κ1) is 12.6. The Morgan fingerprint density at radius 2 is 1.00 bits per heavy atom. The van der Waals surface area contributed by atoms with E-state index in [2.05, 4.69) is 0 Å². The summed E-state index contributed by atoms with van der Waals surface area (Å²) in [7, 11) is 0. The zero-order valence-corrected chi connectivity index (χ0v) is 11.1. The average Bonchev–Trinajstić information content (AvgIpc) is 2.47. The van der Waals surface area contributed by atoms with Crippen molar-refractivity contribution in [3.63, 3.8) is 0 Å². The Morgan fingerprint density at radius 1 is 0.667 bits per heavy atom. The number of rotatable bonds is 4. The first-order valence-corrected chi connectivity index (χ1v) is 7.68. The Bertz CT molecular complexity index is 532. The van der Waals surface area contributed by atoms with Crippen LogP contribution >= 0.6 is 0 Å². The van der Waals surface area contributed by atoms with Crippen molar-refractivity contribution in [3.8, 4) is 0 Å². The molecule has 0 spiro atoms. The molecule has 4 heteroatoms. The third kappa shape index (κ3) is 2.67. The Morgan fingerprint density at radius 3 is 1.28 bits per heavy atom. The van der Waals surface area contributed by atoms with Crippen LogP contribution in [0.3, 0.4) is 0 Å². The van der Waals surface area contributed by atoms with E-state index in [0.717, 1.165) is 21.5 Å². The van der Waals surface area contributed by atoms with E-state index in [9.17, 15) is 13.4 Å². The molecule has 2 aromatic rings. The third-order valence-corrected chi connectivity index (χ3v) is 5.40. The summed E-state index contributed by atoms with van der Waals surface area (Å²) in [5, 5.41) is 0. The molecule has 0 aliphatic rings. The number of hydrogen-bond donors (Lipinski definition) is 0. The fourth-order valence-corrected chi connectivity index (χ4v) is 3.66. The maximum absolute atomic E-state index is 12.3. The van der Waals surface area contributed by atoms with Crippen LogP contribution in [0.25, 0.3) is 0 Å². The third-order valence-electron chi connectivity index (χ3n) is 2.46. The zero-order chi connectivity index (χ0) is 13.0. The van der Waals surface area contributed by atoms with Crippen molar-refractivity contribution in [3.05, 3.63) is 59.7 Å². The Balaban J connectivity index is 2.28. The molecule has 0 saturated heterocycles. The van der Waals surface area contributed by atoms with E-state index in [4.69, 9.17) is 0 Å². The maximum atomic E-state index is 12.3. The van der Waals surface area contributed by atoms with Gasteiger partial charge < -0.3 is 0 Å². The standard InChI is InChI=1S/C14H10O3Se/c15-9-11-1-5-13(6-2-11)18(17)14-7-3-12(10-16)4-8-14/h1-10H. The predicted molar refractivity (Wildman–Crippen MR) is 69.4 cm³/mol. The summed E-state index contributed by atoms with van der Waals surface area (Å²) in [6, 6.07) is 13.4. The Hall–Kier alpha value is -1.90. The average molecular weight is 305 g/mol. The number of benzene rings is 2. The number of aldehydes is 2. The minimum absolute atomic E-state index is 0.564. The molecule has 0 unspecified atom stereocenters. The van der Waals surface area contributed by atoms with Gasteiger partial charge in [0.15, 0.2) is 0 Å². The second-order valence-corrected chi connectivity index (χ2v) is 6.75. The van der Waals surface area contributed by atoms with Gasteiger partial charge in [0.1, 0.15) is 0 Å². The topological polar surface area (TPSA) is 51.2 Å². The molecule has 2 rings (SSSR count). The molecular formula is C14H10O3Se. The van der Waals surface area contributed by atoms with Crippen molar-refractivity contribution in [1.29, 1.82) is 0 Å². The summed E-state index contributed by atoms with van der Waals surface area (Å²) in [6.45, 7) is 0. The van der Waals surface area contributed by atoms with Gasteiger partial charge in [0.2, 0.25) is 0 Å². The monoisotopic (exact) mass is 306 g/mol. The van der Waals surface area contributed by atoms with Gasteiger partial charge >= 0.3 is 108 Å². The van der Waals surface area contributed by atoms with Crippen LogP contribution in [0, 0.1) is 0 Å². The van der Waals surface area contributed by atoms with Crippen LogP contribution in [0.15, 0.2) is 48.5 Å². The van der Waals surface area contributed by atoms with Crippen LogP contribution in [0.1, 0.15) is 20.7 Å². The summed E-state index contributed by atoms with van der Waals surface area (Å²) in [6.07, 6.45) is 1.50. The van der Waals surface area contributed by atoms with Gasteiger partial charge in [-0.2, -0.15) is 0 Å². The van der Waals surface area contributed by atoms with Crippen LogP contribution < -0.4 is 8.92 Å². The molecule has 3 nitrogen and oxygen atoms in total. The molecule has 0 bridgehead atoms. The summed E-state index contributed by atoms with van der Waals surface area (Å²) < 4.78 is 13.7. The minimum atomic E-state index is -2.32. The quantitative estimate of drug-likeness (QED) is 0.621. The van der Waals surface area contributed by atoms with Crippen molar-refractivity contribution in [2.24, 2.45) is 0 Å². The first-order chi connectivity index (χ1) is 8.74. The van der Waals surface area contributed by atoms with Gasteiger partial charge in [-0.15, -0.1) is 0 Å². The summed E-state index contributed by atoms with van der Waals surface area (Å²) in [5.74, 6) is 0. The molecule has 0 amide bonds. The predicted octanol–water partition coefficient (Wildman–Crippen LogP) is 0.848. The summed E-state index contributed by atoms with van der Waals surface area (Å²) in [4.78, 5) is 21.1. The second-order valence-electron chi connectivity index (χ2n) is 3.64. The van der Waals surface area contributed by atoms with Crippen LogP contribution in [0.4, 0.5) is 0 Å². The van der Waals surface area contributed by atoms with Crippen LogP contribution in [0.2, 0.25) is 0 Å². The molecule has 0 fully saturated rings. The van der Waals surface area contributed by atoms with Crippen LogP contribution in [-0.4, -0.2) is 26.4 Å². The Labute approximate surface area is 109 Å². The van der Waals surface area contributed by atoms with Gasteiger partial charge in [0.25, 0.3) is 0 Å². The van der Waals surface area contributed by atoms with Gasteiger partial charge in [-0.3, -0.25) is 0 Å². The van der Waals surface area contributed by atoms with Gasteiger partial charge in [-0.25, -0.2) is 0 Å². The normalized spacial score (nSPS) is 10.3. The molecule has 0 radical (unpaired) electrons. The van der Waals surface area contributed by atoms with Gasteiger partial charge in [-0.05, 0) is 0 Å².